The first-order valence-corrected chi connectivity index (χ1v) is 10.7. The second kappa shape index (κ2) is 8.94. The van der Waals surface area contributed by atoms with E-state index in [1.807, 2.05) is 30.3 Å². The normalized spacial score (nSPS) is 19.1. The molecule has 0 radical (unpaired) electrons. The monoisotopic (exact) mass is 447 g/mol. The van der Waals surface area contributed by atoms with Gasteiger partial charge in [-0.3, -0.25) is 4.79 Å². The van der Waals surface area contributed by atoms with Crippen LogP contribution in [0.1, 0.15) is 36.5 Å². The molecule has 2 aliphatic carbocycles. The van der Waals surface area contributed by atoms with Crippen molar-refractivity contribution in [1.82, 2.24) is 5.32 Å². The molecular weight excluding hydrogens is 422 g/mol. The summed E-state index contributed by atoms with van der Waals surface area (Å²) in [4.78, 5) is 36.6. The number of hydrogen-bond donors (Lipinski definition) is 3. The average Bonchev–Trinajstić information content (AvgIpc) is 3.18. The molecule has 0 aliphatic heterocycles. The van der Waals surface area contributed by atoms with E-state index in [1.165, 1.54) is 36.3 Å². The Hall–Kier alpha value is -3.87. The Morgan fingerprint density at radius 2 is 1.88 bits per heavy atom. The number of ether oxygens (including phenoxy) is 1. The number of aliphatic hydroxyl groups is 1. The van der Waals surface area contributed by atoms with Gasteiger partial charge in [0.25, 0.3) is 0 Å². The fraction of sp³-hybridized carbons (Fsp3) is 0.269. The maximum Gasteiger partial charge on any atom is 0.408 e. The third-order valence-corrected chi connectivity index (χ3v) is 6.41. The topological polar surface area (TPSA) is 113 Å². The molecule has 2 aliphatic rings. The molecule has 33 heavy (non-hydrogen) atoms. The van der Waals surface area contributed by atoms with Gasteiger partial charge in [-0.1, -0.05) is 48.5 Å². The van der Waals surface area contributed by atoms with Gasteiger partial charge in [-0.05, 0) is 66.2 Å². The predicted octanol–water partition coefficient (Wildman–Crippen LogP) is 4.30. The molecule has 1 amide bonds. The number of rotatable bonds is 7. The van der Waals surface area contributed by atoms with Crippen LogP contribution in [0.25, 0.3) is 11.1 Å². The van der Waals surface area contributed by atoms with Crippen molar-refractivity contribution in [2.75, 3.05) is 0 Å². The van der Waals surface area contributed by atoms with Gasteiger partial charge in [0.1, 0.15) is 24.2 Å². The fourth-order valence-corrected chi connectivity index (χ4v) is 4.47. The molecular formula is C26H25NO6. The number of carboxylic acid groups (broad SMARTS) is 1. The Labute approximate surface area is 191 Å². The summed E-state index contributed by atoms with van der Waals surface area (Å²) in [6, 6.07) is 12.6. The highest BCUT2D eigenvalue weighted by atomic mass is 16.5. The van der Waals surface area contributed by atoms with E-state index in [9.17, 15) is 24.6 Å². The van der Waals surface area contributed by atoms with Crippen molar-refractivity contribution in [2.45, 2.75) is 38.8 Å². The minimum atomic E-state index is -1.33. The predicted molar refractivity (Wildman–Crippen MR) is 122 cm³/mol. The molecule has 0 saturated heterocycles. The number of nitrogens with one attached hydrogen (secondary N) is 1. The zero-order chi connectivity index (χ0) is 23.6. The lowest BCUT2D eigenvalue weighted by atomic mass is 9.73. The van der Waals surface area contributed by atoms with Gasteiger partial charge in [-0.15, -0.1) is 0 Å². The highest BCUT2D eigenvalue weighted by Crippen LogP contribution is 2.38. The summed E-state index contributed by atoms with van der Waals surface area (Å²) in [6.07, 6.45) is 4.22. The zero-order valence-electron chi connectivity index (χ0n) is 18.2. The van der Waals surface area contributed by atoms with Crippen LogP contribution in [0.3, 0.4) is 0 Å². The number of carbonyl (C=O) groups excluding carboxylic acids is 2. The molecule has 1 unspecified atom stereocenters. The Balaban J connectivity index is 1.43. The van der Waals surface area contributed by atoms with Crippen LogP contribution in [0.15, 0.2) is 66.5 Å². The number of hydrogen-bond acceptors (Lipinski definition) is 5. The molecule has 2 atom stereocenters. The van der Waals surface area contributed by atoms with Crippen LogP contribution in [0.5, 0.6) is 0 Å². The Morgan fingerprint density at radius 3 is 2.58 bits per heavy atom. The summed E-state index contributed by atoms with van der Waals surface area (Å²) < 4.78 is 5.36. The molecule has 0 saturated carbocycles. The number of alkyl carbamates (subject to hydrolysis) is 1. The highest BCUT2D eigenvalue weighted by Gasteiger charge is 2.39. The van der Waals surface area contributed by atoms with Gasteiger partial charge in [0.05, 0.1) is 5.41 Å². The summed E-state index contributed by atoms with van der Waals surface area (Å²) in [5.41, 5.74) is 4.33. The van der Waals surface area contributed by atoms with E-state index in [0.29, 0.717) is 0 Å². The van der Waals surface area contributed by atoms with Gasteiger partial charge in [0, 0.05) is 0 Å². The van der Waals surface area contributed by atoms with Crippen LogP contribution < -0.4 is 5.32 Å². The molecule has 0 aromatic heterocycles. The number of aliphatic carboxylic acids is 1. The van der Waals surface area contributed by atoms with Crippen molar-refractivity contribution < 1.29 is 29.3 Å². The van der Waals surface area contributed by atoms with Crippen LogP contribution in [0, 0.1) is 5.41 Å². The summed E-state index contributed by atoms with van der Waals surface area (Å²) in [7, 11) is 0. The number of allylic oxidation sites excluding steroid dienone is 3. The van der Waals surface area contributed by atoms with Crippen LogP contribution in [0.2, 0.25) is 0 Å². The summed E-state index contributed by atoms with van der Waals surface area (Å²) in [5.74, 6) is -1.50. The van der Waals surface area contributed by atoms with E-state index >= 15 is 0 Å². The summed E-state index contributed by atoms with van der Waals surface area (Å²) >= 11 is 0. The molecule has 0 fully saturated rings. The molecule has 4 rings (SSSR count). The van der Waals surface area contributed by atoms with E-state index in [2.05, 4.69) is 17.4 Å². The molecule has 7 nitrogen and oxygen atoms in total. The van der Waals surface area contributed by atoms with Crippen LogP contribution >= 0.6 is 0 Å². The van der Waals surface area contributed by atoms with Crippen molar-refractivity contribution in [3.8, 4) is 11.1 Å². The maximum absolute atomic E-state index is 12.5. The zero-order valence-corrected chi connectivity index (χ0v) is 18.2. The van der Waals surface area contributed by atoms with Gasteiger partial charge in [-0.2, -0.15) is 0 Å². The number of carboxylic acids is 1. The third-order valence-electron chi connectivity index (χ3n) is 6.41. The van der Waals surface area contributed by atoms with Crippen LogP contribution in [-0.4, -0.2) is 34.1 Å². The third kappa shape index (κ3) is 4.53. The Morgan fingerprint density at radius 1 is 1.12 bits per heavy atom. The molecule has 0 spiro atoms. The Kier molecular flexibility index (Phi) is 6.05. The molecule has 7 heteroatoms. The van der Waals surface area contributed by atoms with E-state index < -0.39 is 23.5 Å². The van der Waals surface area contributed by atoms with Gasteiger partial charge in [0.2, 0.25) is 0 Å². The Bertz CT molecular complexity index is 1180. The SMILES string of the molecule is CC(=O)C1(C[C@H](NC(=O)OCc2cccc3c2Cc2ccccc2-3)C(=O)O)C=CC(O)=CC1. The van der Waals surface area contributed by atoms with Gasteiger partial charge < -0.3 is 20.3 Å². The quantitative estimate of drug-likeness (QED) is 0.498. The second-order valence-electron chi connectivity index (χ2n) is 8.47. The van der Waals surface area contributed by atoms with Crippen molar-refractivity contribution >= 4 is 17.8 Å². The molecule has 0 bridgehead atoms. The van der Waals surface area contributed by atoms with Crippen LogP contribution in [0.4, 0.5) is 4.79 Å². The number of aliphatic hydroxyl groups excluding tert-OH is 1. The summed E-state index contributed by atoms with van der Waals surface area (Å²) in [6.45, 7) is 1.37. The van der Waals surface area contributed by atoms with E-state index in [-0.39, 0.29) is 31.0 Å². The van der Waals surface area contributed by atoms with E-state index in [1.54, 1.807) is 0 Å². The number of fused-ring (bicyclic) bond motifs is 3. The molecule has 2 aromatic rings. The van der Waals surface area contributed by atoms with Crippen molar-refractivity contribution in [3.05, 3.63) is 83.1 Å². The van der Waals surface area contributed by atoms with Crippen molar-refractivity contribution in [1.29, 1.82) is 0 Å². The first kappa shape index (κ1) is 22.3. The first-order chi connectivity index (χ1) is 15.8. The van der Waals surface area contributed by atoms with Gasteiger partial charge >= 0.3 is 12.1 Å². The number of ketones is 1. The van der Waals surface area contributed by atoms with Crippen molar-refractivity contribution in [3.63, 3.8) is 0 Å². The molecule has 0 heterocycles. The molecule has 170 valence electrons. The highest BCUT2D eigenvalue weighted by molar-refractivity contribution is 5.87. The lowest BCUT2D eigenvalue weighted by Gasteiger charge is -2.31. The van der Waals surface area contributed by atoms with E-state index in [0.717, 1.165) is 23.1 Å². The molecule has 2 aromatic carbocycles. The van der Waals surface area contributed by atoms with Crippen LogP contribution in [-0.2, 0) is 27.4 Å². The average molecular weight is 447 g/mol. The largest absolute Gasteiger partial charge is 0.508 e. The number of benzene rings is 2. The number of carbonyl (C=O) groups is 3. The standard InChI is InChI=1S/C26H25NO6/c1-16(28)26(11-9-19(29)10-12-26)14-23(24(30)31)27-25(32)33-15-18-6-4-8-21-20-7-3-2-5-17(20)13-22(18)21/h2-11,23,29H,12-15H2,1H3,(H,27,32)(H,30,31)/t23-,26?/m0/s1. The van der Waals surface area contributed by atoms with Gasteiger partial charge in [0.15, 0.2) is 0 Å². The lowest BCUT2D eigenvalue weighted by molar-refractivity contribution is -0.140. The number of Topliss-reactive ketones (excluding diaryl/α,β-unsaturated/α-hetero) is 1. The minimum absolute atomic E-state index is 0.00367. The summed E-state index contributed by atoms with van der Waals surface area (Å²) in [5, 5.41) is 21.6. The second-order valence-corrected chi connectivity index (χ2v) is 8.47. The lowest BCUT2D eigenvalue weighted by Crippen LogP contribution is -2.46. The van der Waals surface area contributed by atoms with Gasteiger partial charge in [-0.25, -0.2) is 9.59 Å². The van der Waals surface area contributed by atoms with E-state index in [4.69, 9.17) is 4.74 Å². The minimum Gasteiger partial charge on any atom is -0.508 e. The first-order valence-electron chi connectivity index (χ1n) is 10.7. The smallest absolute Gasteiger partial charge is 0.408 e. The maximum atomic E-state index is 12.5. The number of amides is 1. The van der Waals surface area contributed by atoms with Crippen molar-refractivity contribution in [2.24, 2.45) is 5.41 Å². The molecule has 3 N–H and O–H groups in total. The fourth-order valence-electron chi connectivity index (χ4n) is 4.47.